The molecule has 0 radical (unpaired) electrons. The first-order valence-electron chi connectivity index (χ1n) is 21.1. The van der Waals surface area contributed by atoms with E-state index >= 15 is 0 Å². The second kappa shape index (κ2) is 20.6. The number of aliphatic hydroxyl groups is 5. The monoisotopic (exact) mass is 805 g/mol. The molecule has 12 nitrogen and oxygen atoms in total. The molecule has 5 N–H and O–H groups in total. The third-order valence-electron chi connectivity index (χ3n) is 13.2. The lowest BCUT2D eigenvalue weighted by molar-refractivity contribution is -0.344. The Morgan fingerprint density at radius 1 is 0.842 bits per heavy atom. The van der Waals surface area contributed by atoms with Crippen molar-refractivity contribution in [2.24, 2.45) is 53.3 Å². The van der Waals surface area contributed by atoms with E-state index < -0.39 is 107 Å². The van der Waals surface area contributed by atoms with Gasteiger partial charge < -0.3 is 39.7 Å². The van der Waals surface area contributed by atoms with Crippen molar-refractivity contribution in [1.29, 1.82) is 0 Å². The lowest BCUT2D eigenvalue weighted by Gasteiger charge is -2.54. The highest BCUT2D eigenvalue weighted by molar-refractivity contribution is 5.91. The van der Waals surface area contributed by atoms with Gasteiger partial charge in [-0.3, -0.25) is 14.4 Å². The van der Waals surface area contributed by atoms with Crippen LogP contribution in [0.3, 0.4) is 0 Å². The van der Waals surface area contributed by atoms with Crippen molar-refractivity contribution in [3.63, 3.8) is 0 Å². The molecule has 0 saturated carbocycles. The average Bonchev–Trinajstić information content (AvgIpc) is 3.16. The van der Waals surface area contributed by atoms with Gasteiger partial charge in [-0.2, -0.15) is 0 Å². The summed E-state index contributed by atoms with van der Waals surface area (Å²) >= 11 is 0. The van der Waals surface area contributed by atoms with E-state index in [4.69, 9.17) is 14.2 Å². The van der Waals surface area contributed by atoms with Crippen LogP contribution in [0.2, 0.25) is 0 Å². The van der Waals surface area contributed by atoms with Crippen LogP contribution in [0.1, 0.15) is 115 Å². The van der Waals surface area contributed by atoms with Gasteiger partial charge in [0.2, 0.25) is 5.79 Å². The quantitative estimate of drug-likeness (QED) is 0.238. The molecule has 0 amide bonds. The molecule has 18 atom stereocenters. The molecule has 0 aromatic rings. The van der Waals surface area contributed by atoms with Gasteiger partial charge in [-0.15, -0.1) is 0 Å². The number of ether oxygens (including phenoxy) is 3. The summed E-state index contributed by atoms with van der Waals surface area (Å²) in [6, 6.07) is 0. The van der Waals surface area contributed by atoms with Crippen LogP contribution in [0.25, 0.3) is 0 Å². The molecule has 3 aliphatic heterocycles. The Balaban J connectivity index is 2.02. The number of hydrogen-bond donors (Lipinski definition) is 5. The molecule has 0 unspecified atom stereocenters. The van der Waals surface area contributed by atoms with Gasteiger partial charge in [0.05, 0.1) is 42.5 Å². The zero-order chi connectivity index (χ0) is 43.2. The van der Waals surface area contributed by atoms with Gasteiger partial charge in [0.15, 0.2) is 11.6 Å². The first-order valence-corrected chi connectivity index (χ1v) is 21.1. The van der Waals surface area contributed by atoms with Crippen LogP contribution in [-0.4, -0.2) is 103 Å². The smallest absolute Gasteiger partial charge is 0.330 e. The molecule has 0 aromatic heterocycles. The molecular formula is C45H72O12. The number of carbonyl (C=O) groups is 4. The molecule has 2 fully saturated rings. The molecule has 2 bridgehead atoms. The Morgan fingerprint density at radius 2 is 1.47 bits per heavy atom. The number of esters is 1. The third-order valence-corrected chi connectivity index (χ3v) is 13.2. The third kappa shape index (κ3) is 11.4. The van der Waals surface area contributed by atoms with E-state index in [0.717, 1.165) is 6.42 Å². The van der Waals surface area contributed by atoms with Crippen LogP contribution < -0.4 is 0 Å². The molecule has 57 heavy (non-hydrogen) atoms. The minimum Gasteiger partial charge on any atom is -0.458 e. The van der Waals surface area contributed by atoms with E-state index in [1.165, 1.54) is 39.8 Å². The molecule has 3 aliphatic rings. The van der Waals surface area contributed by atoms with Crippen LogP contribution in [-0.2, 0) is 33.4 Å². The second-order valence-electron chi connectivity index (χ2n) is 17.9. The van der Waals surface area contributed by atoms with Crippen molar-refractivity contribution in [2.75, 3.05) is 0 Å². The number of hydrogen-bond acceptors (Lipinski definition) is 12. The number of aliphatic hydroxyl groups excluding tert-OH is 4. The van der Waals surface area contributed by atoms with Crippen molar-refractivity contribution in [1.82, 2.24) is 0 Å². The fourth-order valence-electron chi connectivity index (χ4n) is 8.91. The molecule has 0 aliphatic carbocycles. The summed E-state index contributed by atoms with van der Waals surface area (Å²) in [6.45, 7) is 18.3. The van der Waals surface area contributed by atoms with Crippen LogP contribution in [0.5, 0.6) is 0 Å². The zero-order valence-electron chi connectivity index (χ0n) is 36.0. The molecule has 324 valence electrons. The summed E-state index contributed by atoms with van der Waals surface area (Å²) in [5.41, 5.74) is -2.21. The molecule has 1 spiro atoms. The van der Waals surface area contributed by atoms with Gasteiger partial charge in [0.25, 0.3) is 0 Å². The molecule has 0 aromatic carbocycles. The first-order chi connectivity index (χ1) is 26.5. The summed E-state index contributed by atoms with van der Waals surface area (Å²) in [7, 11) is 0. The number of carbonyl (C=O) groups excluding carboxylic acids is 4. The highest BCUT2D eigenvalue weighted by Gasteiger charge is 2.61. The Kier molecular flexibility index (Phi) is 17.6. The highest BCUT2D eigenvalue weighted by atomic mass is 16.7. The van der Waals surface area contributed by atoms with Crippen LogP contribution in [0.4, 0.5) is 0 Å². The second-order valence-corrected chi connectivity index (χ2v) is 17.9. The Bertz CT molecular complexity index is 1470. The van der Waals surface area contributed by atoms with Crippen molar-refractivity contribution < 1.29 is 58.9 Å². The number of ketones is 3. The standard InChI is InChI=1S/C45H72O12/c1-12-33-17-15-13-14-16-25(3)42(52)44(11,54)43(53)31(9)40(51)30(8)39(50)29(7)38(49)24(2)18-21-37(48)55-41-28(6)34(20-19-33)56-45(32(41)10)36(47)22-26(4)35(57-45)23-27(5)46/h13-15,17-18,21,24-35,38,40-42,46,49,51-52,54H,12,16,19-20,22-23H2,1-11H3/b14-13+,17-15+,21-18+/t24-,25+,26-,27+,28+,29-,30-,31-,32-,33-,34-,35-,38+,40+,41+,42-,44+,45+/m0/s1. The van der Waals surface area contributed by atoms with Crippen molar-refractivity contribution in [3.8, 4) is 0 Å². The van der Waals surface area contributed by atoms with Gasteiger partial charge in [-0.05, 0) is 63.7 Å². The number of allylic oxidation sites excluding steroid dienone is 4. The number of rotatable bonds is 3. The molecule has 3 rings (SSSR count). The van der Waals surface area contributed by atoms with Crippen LogP contribution in [0.15, 0.2) is 36.5 Å². The maximum Gasteiger partial charge on any atom is 0.330 e. The van der Waals surface area contributed by atoms with Crippen LogP contribution in [0, 0.1) is 53.3 Å². The zero-order valence-corrected chi connectivity index (χ0v) is 36.0. The lowest BCUT2D eigenvalue weighted by Crippen LogP contribution is -2.66. The summed E-state index contributed by atoms with van der Waals surface area (Å²) in [5, 5.41) is 55.0. The number of fused-ring (bicyclic) bond motifs is 2. The van der Waals surface area contributed by atoms with Crippen molar-refractivity contribution >= 4 is 23.3 Å². The van der Waals surface area contributed by atoms with E-state index in [0.29, 0.717) is 25.7 Å². The first kappa shape index (κ1) is 48.8. The minimum absolute atomic E-state index is 0.132. The molecule has 12 heteroatoms. The largest absolute Gasteiger partial charge is 0.458 e. The maximum atomic E-state index is 14.0. The van der Waals surface area contributed by atoms with E-state index in [2.05, 4.69) is 13.0 Å². The number of Topliss-reactive ketones (excluding diaryl/α,β-unsaturated/α-hetero) is 3. The van der Waals surface area contributed by atoms with Gasteiger partial charge in [0.1, 0.15) is 17.5 Å². The van der Waals surface area contributed by atoms with Gasteiger partial charge in [0, 0.05) is 42.1 Å². The van der Waals surface area contributed by atoms with Crippen LogP contribution >= 0.6 is 0 Å². The topological polar surface area (TPSA) is 197 Å². The normalized spacial score (nSPS) is 46.2. The van der Waals surface area contributed by atoms with Gasteiger partial charge in [-0.1, -0.05) is 92.7 Å². The Morgan fingerprint density at radius 3 is 2.09 bits per heavy atom. The van der Waals surface area contributed by atoms with Gasteiger partial charge >= 0.3 is 5.97 Å². The van der Waals surface area contributed by atoms with E-state index in [9.17, 15) is 44.7 Å². The maximum absolute atomic E-state index is 14.0. The summed E-state index contributed by atoms with van der Waals surface area (Å²) < 4.78 is 19.4. The fraction of sp³-hybridized carbons (Fsp3) is 0.778. The van der Waals surface area contributed by atoms with E-state index in [-0.39, 0.29) is 30.0 Å². The molecular weight excluding hydrogens is 732 g/mol. The van der Waals surface area contributed by atoms with Gasteiger partial charge in [-0.25, -0.2) is 4.79 Å². The Labute approximate surface area is 340 Å². The summed E-state index contributed by atoms with van der Waals surface area (Å²) in [4.78, 5) is 54.5. The summed E-state index contributed by atoms with van der Waals surface area (Å²) in [6.07, 6.45) is 6.53. The minimum atomic E-state index is -2.21. The van der Waals surface area contributed by atoms with Crippen molar-refractivity contribution in [3.05, 3.63) is 36.5 Å². The fourth-order valence-corrected chi connectivity index (χ4v) is 8.91. The lowest BCUT2D eigenvalue weighted by atomic mass is 9.74. The molecule has 3 heterocycles. The predicted octanol–water partition coefficient (Wildman–Crippen LogP) is 5.06. The van der Waals surface area contributed by atoms with Crippen molar-refractivity contribution in [2.45, 2.75) is 169 Å². The van der Waals surface area contributed by atoms with E-state index in [1.807, 2.05) is 32.1 Å². The predicted molar refractivity (Wildman–Crippen MR) is 215 cm³/mol. The van der Waals surface area contributed by atoms with E-state index in [1.54, 1.807) is 27.7 Å². The Hall–Kier alpha value is -2.58. The molecule has 2 saturated heterocycles. The summed E-state index contributed by atoms with van der Waals surface area (Å²) in [5.74, 6) is -9.55. The highest BCUT2D eigenvalue weighted by Crippen LogP contribution is 2.47. The average molecular weight is 805 g/mol. The SMILES string of the molecule is CC[C@H]1/C=C/C=C/C[C@@H](C)[C@H](O)[C@@](C)(O)C(=O)[C@@H](C)[C@H](O)[C@@H](C)C(=O)[C@@H](C)[C@H](O)[C@@H](C)/C=C/C(=O)O[C@@H]2[C@H](C)[C@H](CC1)O[C@@]1(O[C@@H](C[C@@H](C)O)[C@@H](C)CC1=O)[C@H]2C.